The highest BCUT2D eigenvalue weighted by Gasteiger charge is 2.19. The van der Waals surface area contributed by atoms with Crippen molar-refractivity contribution in [3.63, 3.8) is 0 Å². The maximum atomic E-state index is 5.41. The lowest BCUT2D eigenvalue weighted by Crippen LogP contribution is -2.00. The third kappa shape index (κ3) is 6.75. The first-order valence-electron chi connectivity index (χ1n) is 14.4. The third-order valence-electron chi connectivity index (χ3n) is 7.22. The number of aromatic nitrogens is 6. The van der Waals surface area contributed by atoms with Gasteiger partial charge in [0.1, 0.15) is 0 Å². The van der Waals surface area contributed by atoms with Crippen molar-refractivity contribution in [2.75, 3.05) is 42.7 Å². The number of methoxy groups -OCH3 is 6. The molecule has 0 spiro atoms. The van der Waals surface area contributed by atoms with Crippen LogP contribution in [0.5, 0.6) is 34.5 Å². The van der Waals surface area contributed by atoms with Gasteiger partial charge in [-0.3, -0.25) is 19.3 Å². The zero-order valence-electron chi connectivity index (χ0n) is 27.1. The molecule has 6 rings (SSSR count). The summed E-state index contributed by atoms with van der Waals surface area (Å²) < 4.78 is 37.1. The fourth-order valence-corrected chi connectivity index (χ4v) is 5.51. The summed E-state index contributed by atoms with van der Waals surface area (Å²) in [5.41, 5.74) is 3.42. The van der Waals surface area contributed by atoms with E-state index in [2.05, 4.69) is 20.4 Å². The molecule has 0 aliphatic rings. The number of hydrogen-bond donors (Lipinski definition) is 2. The minimum absolute atomic E-state index is 0.505. The molecule has 0 aliphatic carbocycles. The molecule has 2 heterocycles. The number of rotatable bonds is 10. The average Bonchev–Trinajstić information content (AvgIpc) is 3.73. The van der Waals surface area contributed by atoms with Crippen molar-refractivity contribution in [2.45, 2.75) is 0 Å². The van der Waals surface area contributed by atoms with E-state index in [-0.39, 0.29) is 0 Å². The molecule has 48 heavy (non-hydrogen) atoms. The molecule has 2 aromatic heterocycles. The molecule has 14 heteroatoms. The zero-order chi connectivity index (χ0) is 34.2. The van der Waals surface area contributed by atoms with Gasteiger partial charge in [-0.2, -0.15) is 10.2 Å². The van der Waals surface area contributed by atoms with Crippen LogP contribution in [0.3, 0.4) is 0 Å². The summed E-state index contributed by atoms with van der Waals surface area (Å²) in [4.78, 5) is 0. The van der Waals surface area contributed by atoms with Crippen LogP contribution < -0.4 is 28.4 Å². The molecular weight excluding hydrogens is 653 g/mol. The van der Waals surface area contributed by atoms with Crippen LogP contribution in [0.15, 0.2) is 84.9 Å². The van der Waals surface area contributed by atoms with Gasteiger partial charge in [-0.25, -0.2) is 0 Å². The first-order valence-corrected chi connectivity index (χ1v) is 15.3. The topological polar surface area (TPSA) is 123 Å². The van der Waals surface area contributed by atoms with Crippen molar-refractivity contribution in [3.05, 3.63) is 94.5 Å². The molecule has 0 aliphatic heterocycles. The minimum atomic E-state index is 0.505. The number of hydrogen-bond acceptors (Lipinski definition) is 10. The molecule has 0 saturated heterocycles. The summed E-state index contributed by atoms with van der Waals surface area (Å²) in [6.45, 7) is 0. The third-order valence-corrected chi connectivity index (χ3v) is 7.77. The molecule has 0 unspecified atom stereocenters. The van der Waals surface area contributed by atoms with Crippen LogP contribution in [0.2, 0.25) is 0 Å². The van der Waals surface area contributed by atoms with E-state index in [0.29, 0.717) is 55.7 Å². The van der Waals surface area contributed by atoms with Crippen LogP contribution in [0.4, 0.5) is 0 Å². The van der Waals surface area contributed by atoms with Gasteiger partial charge in [0.15, 0.2) is 44.2 Å². The SMILES string of the molecule is COc1cc(-c2n[nH]c(=S)n2-c2ccccc2)cc(OC)c1OC.COc1cc(-c2n[nH]c(=S)n2-c2ccccc2)cc(OC)c1OC. The van der Waals surface area contributed by atoms with E-state index in [4.69, 9.17) is 52.9 Å². The zero-order valence-corrected chi connectivity index (χ0v) is 28.8. The first-order chi connectivity index (χ1) is 23.4. The van der Waals surface area contributed by atoms with Gasteiger partial charge in [-0.15, -0.1) is 0 Å². The van der Waals surface area contributed by atoms with Crippen LogP contribution >= 0.6 is 24.4 Å². The Morgan fingerprint density at radius 2 is 0.792 bits per heavy atom. The number of benzene rings is 4. The highest BCUT2D eigenvalue weighted by Crippen LogP contribution is 2.42. The summed E-state index contributed by atoms with van der Waals surface area (Å²) in [6, 6.07) is 26.9. The summed E-state index contributed by atoms with van der Waals surface area (Å²) in [7, 11) is 9.45. The number of H-pyrrole nitrogens is 2. The van der Waals surface area contributed by atoms with E-state index in [0.717, 1.165) is 22.5 Å². The highest BCUT2D eigenvalue weighted by molar-refractivity contribution is 7.71. The van der Waals surface area contributed by atoms with Crippen molar-refractivity contribution in [3.8, 4) is 68.6 Å². The van der Waals surface area contributed by atoms with Gasteiger partial charge >= 0.3 is 0 Å². The van der Waals surface area contributed by atoms with Gasteiger partial charge < -0.3 is 28.4 Å². The Kier molecular flexibility index (Phi) is 10.8. The fraction of sp³-hybridized carbons (Fsp3) is 0.176. The average molecular weight is 687 g/mol. The normalized spacial score (nSPS) is 10.5. The summed E-state index contributed by atoms with van der Waals surface area (Å²) in [6.07, 6.45) is 0. The number of para-hydroxylation sites is 2. The molecule has 0 bridgehead atoms. The van der Waals surface area contributed by atoms with Gasteiger partial charge in [-0.05, 0) is 73.0 Å². The maximum absolute atomic E-state index is 5.41. The Morgan fingerprint density at radius 3 is 1.06 bits per heavy atom. The minimum Gasteiger partial charge on any atom is -0.493 e. The number of nitrogens with one attached hydrogen (secondary N) is 2. The van der Waals surface area contributed by atoms with Crippen LogP contribution in [0.1, 0.15) is 0 Å². The monoisotopic (exact) mass is 686 g/mol. The Morgan fingerprint density at radius 1 is 0.479 bits per heavy atom. The molecule has 0 saturated carbocycles. The molecule has 0 fully saturated rings. The molecule has 0 radical (unpaired) electrons. The summed E-state index contributed by atoms with van der Waals surface area (Å²) >= 11 is 10.8. The van der Waals surface area contributed by atoms with Crippen LogP contribution in [0.25, 0.3) is 34.2 Å². The molecule has 248 valence electrons. The maximum Gasteiger partial charge on any atom is 0.203 e. The Balaban J connectivity index is 0.000000188. The molecule has 0 atom stereocenters. The largest absolute Gasteiger partial charge is 0.493 e. The Hall–Kier alpha value is -5.60. The van der Waals surface area contributed by atoms with Crippen LogP contribution in [-0.2, 0) is 0 Å². The van der Waals surface area contributed by atoms with E-state index in [1.165, 1.54) is 0 Å². The highest BCUT2D eigenvalue weighted by atomic mass is 32.1. The number of aromatic amines is 2. The van der Waals surface area contributed by atoms with Gasteiger partial charge in [0.05, 0.1) is 42.7 Å². The van der Waals surface area contributed by atoms with Crippen LogP contribution in [0, 0.1) is 9.54 Å². The van der Waals surface area contributed by atoms with Crippen molar-refractivity contribution in [1.82, 2.24) is 29.5 Å². The number of nitrogens with zero attached hydrogens (tertiary/aromatic N) is 4. The lowest BCUT2D eigenvalue weighted by molar-refractivity contribution is 0.324. The lowest BCUT2D eigenvalue weighted by atomic mass is 10.1. The van der Waals surface area contributed by atoms with Gasteiger partial charge in [0, 0.05) is 22.5 Å². The predicted molar refractivity (Wildman–Crippen MR) is 188 cm³/mol. The van der Waals surface area contributed by atoms with E-state index in [9.17, 15) is 0 Å². The van der Waals surface area contributed by atoms with Crippen molar-refractivity contribution in [1.29, 1.82) is 0 Å². The molecule has 2 N–H and O–H groups in total. The molecule has 4 aromatic carbocycles. The van der Waals surface area contributed by atoms with E-state index in [1.807, 2.05) is 94.1 Å². The second-order valence-electron chi connectivity index (χ2n) is 9.87. The first kappa shape index (κ1) is 33.8. The lowest BCUT2D eigenvalue weighted by Gasteiger charge is -2.14. The summed E-state index contributed by atoms with van der Waals surface area (Å²) in [5, 5.41) is 14.4. The number of ether oxygens (including phenoxy) is 6. The second-order valence-corrected chi connectivity index (χ2v) is 10.6. The fourth-order valence-electron chi connectivity index (χ4n) is 5.03. The van der Waals surface area contributed by atoms with E-state index < -0.39 is 0 Å². The molecule has 0 amide bonds. The van der Waals surface area contributed by atoms with Crippen molar-refractivity contribution in [2.24, 2.45) is 0 Å². The molecular formula is C34H34N6O6S2. The Bertz CT molecular complexity index is 1910. The van der Waals surface area contributed by atoms with Crippen molar-refractivity contribution >= 4 is 24.4 Å². The quantitative estimate of drug-likeness (QED) is 0.143. The van der Waals surface area contributed by atoms with E-state index >= 15 is 0 Å². The standard InChI is InChI=1S/2C17H17N3O3S/c2*1-21-13-9-11(10-14(22-2)15(13)23-3)16-18-19-17(24)20(16)12-7-5-4-6-8-12/h2*4-10H,1-3H3,(H,19,24). The second kappa shape index (κ2) is 15.3. The van der Waals surface area contributed by atoms with Crippen LogP contribution in [-0.4, -0.2) is 72.2 Å². The predicted octanol–water partition coefficient (Wildman–Crippen LogP) is 7.25. The van der Waals surface area contributed by atoms with Gasteiger partial charge in [-0.1, -0.05) is 36.4 Å². The van der Waals surface area contributed by atoms with Gasteiger partial charge in [0.25, 0.3) is 0 Å². The van der Waals surface area contributed by atoms with Crippen molar-refractivity contribution < 1.29 is 28.4 Å². The van der Waals surface area contributed by atoms with Gasteiger partial charge in [0.2, 0.25) is 11.5 Å². The molecule has 6 aromatic rings. The smallest absolute Gasteiger partial charge is 0.203 e. The summed E-state index contributed by atoms with van der Waals surface area (Å²) in [5.74, 6) is 4.60. The Labute approximate surface area is 287 Å². The van der Waals surface area contributed by atoms with E-state index in [1.54, 1.807) is 42.7 Å². The molecule has 12 nitrogen and oxygen atoms in total.